The minimum atomic E-state index is -0.450. The summed E-state index contributed by atoms with van der Waals surface area (Å²) < 4.78 is 7.15. The van der Waals surface area contributed by atoms with Crippen LogP contribution in [0.25, 0.3) is 37.6 Å². The summed E-state index contributed by atoms with van der Waals surface area (Å²) in [5.41, 5.74) is 3.00. The lowest BCUT2D eigenvalue weighted by atomic mass is 10.0. The molecular formula is C26H17N5O3S. The van der Waals surface area contributed by atoms with Gasteiger partial charge in [0.05, 0.1) is 5.56 Å². The van der Waals surface area contributed by atoms with Crippen LogP contribution in [0.1, 0.15) is 16.2 Å². The van der Waals surface area contributed by atoms with Gasteiger partial charge < -0.3 is 9.73 Å². The average Bonchev–Trinajstić information content (AvgIpc) is 3.46. The fourth-order valence-electron chi connectivity index (χ4n) is 3.86. The maximum atomic E-state index is 13.0. The van der Waals surface area contributed by atoms with Crippen LogP contribution in [0.2, 0.25) is 0 Å². The molecule has 0 bridgehead atoms. The molecule has 0 fully saturated rings. The normalized spacial score (nSPS) is 11.2. The Labute approximate surface area is 202 Å². The van der Waals surface area contributed by atoms with Gasteiger partial charge in [-0.3, -0.25) is 4.79 Å². The SMILES string of the molecule is Cc1nnc2sc(-c3cccc(NC(=O)c4cccc(-c5cc6ccccc6oc5=O)c4)c3)nn12. The minimum Gasteiger partial charge on any atom is -0.422 e. The molecule has 9 heteroatoms. The first kappa shape index (κ1) is 20.9. The molecule has 170 valence electrons. The Bertz CT molecular complexity index is 1800. The van der Waals surface area contributed by atoms with Crippen molar-refractivity contribution >= 4 is 38.9 Å². The molecule has 0 saturated heterocycles. The van der Waals surface area contributed by atoms with Crippen molar-refractivity contribution in [1.82, 2.24) is 19.8 Å². The molecule has 3 aromatic carbocycles. The molecule has 6 aromatic rings. The van der Waals surface area contributed by atoms with Crippen molar-refractivity contribution in [2.75, 3.05) is 5.32 Å². The van der Waals surface area contributed by atoms with Gasteiger partial charge >= 0.3 is 5.63 Å². The molecule has 1 N–H and O–H groups in total. The van der Waals surface area contributed by atoms with Crippen molar-refractivity contribution in [3.05, 3.63) is 101 Å². The average molecular weight is 480 g/mol. The number of fused-ring (bicyclic) bond motifs is 2. The lowest BCUT2D eigenvalue weighted by Gasteiger charge is -2.08. The maximum absolute atomic E-state index is 13.0. The van der Waals surface area contributed by atoms with Crippen molar-refractivity contribution < 1.29 is 9.21 Å². The van der Waals surface area contributed by atoms with Crippen LogP contribution in [0.4, 0.5) is 5.69 Å². The molecule has 3 aromatic heterocycles. The van der Waals surface area contributed by atoms with E-state index in [2.05, 4.69) is 20.6 Å². The molecule has 0 unspecified atom stereocenters. The van der Waals surface area contributed by atoms with Gasteiger partial charge in [-0.25, -0.2) is 4.79 Å². The number of carbonyl (C=O) groups excluding carboxylic acids is 1. The highest BCUT2D eigenvalue weighted by atomic mass is 32.1. The van der Waals surface area contributed by atoms with Crippen molar-refractivity contribution in [3.8, 4) is 21.7 Å². The monoisotopic (exact) mass is 479 g/mol. The van der Waals surface area contributed by atoms with E-state index in [9.17, 15) is 9.59 Å². The number of nitrogens with one attached hydrogen (secondary N) is 1. The molecule has 0 radical (unpaired) electrons. The predicted octanol–water partition coefficient (Wildman–Crippen LogP) is 5.19. The molecule has 0 spiro atoms. The van der Waals surface area contributed by atoms with E-state index in [-0.39, 0.29) is 5.91 Å². The minimum absolute atomic E-state index is 0.289. The van der Waals surface area contributed by atoms with Gasteiger partial charge in [-0.15, -0.1) is 10.2 Å². The Morgan fingerprint density at radius 3 is 2.66 bits per heavy atom. The van der Waals surface area contributed by atoms with Gasteiger partial charge in [-0.1, -0.05) is 53.8 Å². The Balaban J connectivity index is 1.28. The Kier molecular flexibility index (Phi) is 4.97. The Morgan fingerprint density at radius 1 is 0.943 bits per heavy atom. The summed E-state index contributed by atoms with van der Waals surface area (Å²) in [4.78, 5) is 26.3. The van der Waals surface area contributed by atoms with Gasteiger partial charge in [0.2, 0.25) is 4.96 Å². The summed E-state index contributed by atoms with van der Waals surface area (Å²) >= 11 is 1.42. The van der Waals surface area contributed by atoms with Crippen molar-refractivity contribution in [1.29, 1.82) is 0 Å². The second-order valence-electron chi connectivity index (χ2n) is 7.95. The fraction of sp³-hybridized carbons (Fsp3) is 0.0385. The first-order chi connectivity index (χ1) is 17.0. The lowest BCUT2D eigenvalue weighted by molar-refractivity contribution is 0.102. The summed E-state index contributed by atoms with van der Waals surface area (Å²) in [6.07, 6.45) is 0. The smallest absolute Gasteiger partial charge is 0.344 e. The second kappa shape index (κ2) is 8.30. The largest absolute Gasteiger partial charge is 0.422 e. The molecule has 35 heavy (non-hydrogen) atoms. The van der Waals surface area contributed by atoms with E-state index in [0.29, 0.717) is 38.7 Å². The van der Waals surface area contributed by atoms with E-state index in [1.165, 1.54) is 11.3 Å². The molecule has 3 heterocycles. The van der Waals surface area contributed by atoms with Gasteiger partial charge in [0.1, 0.15) is 10.6 Å². The molecule has 6 rings (SSSR count). The Hall–Kier alpha value is -4.63. The third kappa shape index (κ3) is 3.87. The zero-order valence-electron chi connectivity index (χ0n) is 18.4. The van der Waals surface area contributed by atoms with Gasteiger partial charge in [0, 0.05) is 22.2 Å². The number of anilines is 1. The third-order valence-electron chi connectivity index (χ3n) is 5.59. The number of rotatable bonds is 4. The highest BCUT2D eigenvalue weighted by molar-refractivity contribution is 7.19. The van der Waals surface area contributed by atoms with Crippen LogP contribution in [0.3, 0.4) is 0 Å². The summed E-state index contributed by atoms with van der Waals surface area (Å²) in [5, 5.41) is 17.2. The zero-order chi connectivity index (χ0) is 23.9. The molecule has 0 aliphatic rings. The topological polar surface area (TPSA) is 102 Å². The number of aromatic nitrogens is 4. The van der Waals surface area contributed by atoms with Crippen LogP contribution >= 0.6 is 11.3 Å². The van der Waals surface area contributed by atoms with Gasteiger partial charge in [0.15, 0.2) is 5.82 Å². The van der Waals surface area contributed by atoms with Crippen molar-refractivity contribution in [2.45, 2.75) is 6.92 Å². The predicted molar refractivity (Wildman–Crippen MR) is 135 cm³/mol. The van der Waals surface area contributed by atoms with E-state index in [4.69, 9.17) is 4.42 Å². The highest BCUT2D eigenvalue weighted by Gasteiger charge is 2.14. The van der Waals surface area contributed by atoms with Crippen LogP contribution < -0.4 is 10.9 Å². The standard InChI is InChI=1S/C26H17N5O3S/c1-15-28-29-26-31(15)30-24(35-26)19-9-5-10-20(13-19)27-23(32)18-8-4-7-16(12-18)21-14-17-6-2-3-11-22(17)34-25(21)33/h2-14H,1H3,(H,27,32). The first-order valence-corrected chi connectivity index (χ1v) is 11.6. The second-order valence-corrected chi connectivity index (χ2v) is 8.91. The van der Waals surface area contributed by atoms with Crippen LogP contribution in [0.5, 0.6) is 0 Å². The fourth-order valence-corrected chi connectivity index (χ4v) is 4.74. The number of para-hydroxylation sites is 1. The van der Waals surface area contributed by atoms with Gasteiger partial charge in [-0.05, 0) is 48.9 Å². The van der Waals surface area contributed by atoms with E-state index in [1.807, 2.05) is 49.4 Å². The van der Waals surface area contributed by atoms with E-state index in [1.54, 1.807) is 40.9 Å². The maximum Gasteiger partial charge on any atom is 0.344 e. The van der Waals surface area contributed by atoms with Crippen LogP contribution in [-0.4, -0.2) is 25.7 Å². The number of nitrogens with zero attached hydrogens (tertiary/aromatic N) is 4. The van der Waals surface area contributed by atoms with Crippen LogP contribution in [0.15, 0.2) is 88.1 Å². The van der Waals surface area contributed by atoms with Crippen molar-refractivity contribution in [3.63, 3.8) is 0 Å². The molecule has 8 nitrogen and oxygen atoms in total. The molecule has 0 saturated carbocycles. The van der Waals surface area contributed by atoms with E-state index < -0.39 is 5.63 Å². The van der Waals surface area contributed by atoms with E-state index >= 15 is 0 Å². The number of benzene rings is 3. The molecule has 0 aliphatic heterocycles. The molecular weight excluding hydrogens is 462 g/mol. The third-order valence-corrected chi connectivity index (χ3v) is 6.54. The highest BCUT2D eigenvalue weighted by Crippen LogP contribution is 2.28. The summed E-state index contributed by atoms with van der Waals surface area (Å²) in [5.74, 6) is 0.426. The summed E-state index contributed by atoms with van der Waals surface area (Å²) in [6, 6.07) is 23.5. The van der Waals surface area contributed by atoms with Crippen LogP contribution in [-0.2, 0) is 0 Å². The summed E-state index contributed by atoms with van der Waals surface area (Å²) in [6.45, 7) is 1.84. The zero-order valence-corrected chi connectivity index (χ0v) is 19.2. The summed E-state index contributed by atoms with van der Waals surface area (Å²) in [7, 11) is 0. The first-order valence-electron chi connectivity index (χ1n) is 10.8. The Morgan fingerprint density at radius 2 is 1.77 bits per heavy atom. The number of hydrogen-bond donors (Lipinski definition) is 1. The number of aryl methyl sites for hydroxylation is 1. The number of hydrogen-bond acceptors (Lipinski definition) is 7. The van der Waals surface area contributed by atoms with Crippen LogP contribution in [0, 0.1) is 6.92 Å². The lowest BCUT2D eigenvalue weighted by Crippen LogP contribution is -2.12. The quantitative estimate of drug-likeness (QED) is 0.349. The number of carbonyl (C=O) groups is 1. The van der Waals surface area contributed by atoms with E-state index in [0.717, 1.165) is 16.0 Å². The molecule has 0 aliphatic carbocycles. The molecule has 1 amide bonds. The van der Waals surface area contributed by atoms with Gasteiger partial charge in [-0.2, -0.15) is 9.61 Å². The number of amides is 1. The van der Waals surface area contributed by atoms with Gasteiger partial charge in [0.25, 0.3) is 5.91 Å². The molecule has 0 atom stereocenters. The van der Waals surface area contributed by atoms with Crippen molar-refractivity contribution in [2.24, 2.45) is 0 Å².